The summed E-state index contributed by atoms with van der Waals surface area (Å²) < 4.78 is 36.2. The third-order valence-corrected chi connectivity index (χ3v) is 3.59. The molecule has 0 aromatic heterocycles. The maximum atomic E-state index is 13.5. The van der Waals surface area contributed by atoms with E-state index in [1.54, 1.807) is 12.1 Å². The molecule has 0 unspecified atom stereocenters. The first-order valence-corrected chi connectivity index (χ1v) is 8.13. The van der Waals surface area contributed by atoms with Gasteiger partial charge >= 0.3 is 11.9 Å². The summed E-state index contributed by atoms with van der Waals surface area (Å²) in [5.41, 5.74) is 0.620. The van der Waals surface area contributed by atoms with Crippen LogP contribution in [0.15, 0.2) is 48.5 Å². The molecule has 0 bridgehead atoms. The zero-order valence-corrected chi connectivity index (χ0v) is 15.1. The molecule has 0 aliphatic heterocycles. The van der Waals surface area contributed by atoms with Crippen LogP contribution in [0, 0.1) is 11.6 Å². The number of nitrogens with one attached hydrogen (secondary N) is 1. The molecule has 0 radical (unpaired) electrons. The summed E-state index contributed by atoms with van der Waals surface area (Å²) in [7, 11) is 1.27. The molecule has 2 aromatic rings. The Morgan fingerprint density at radius 3 is 2.39 bits per heavy atom. The van der Waals surface area contributed by atoms with Crippen LogP contribution < -0.4 is 5.32 Å². The highest BCUT2D eigenvalue weighted by Crippen LogP contribution is 2.16. The number of halogens is 2. The molecule has 0 spiro atoms. The number of rotatable bonds is 6. The number of esters is 2. The second-order valence-corrected chi connectivity index (χ2v) is 5.64. The summed E-state index contributed by atoms with van der Waals surface area (Å²) in [6, 6.07) is 8.85. The molecule has 28 heavy (non-hydrogen) atoms. The fourth-order valence-electron chi connectivity index (χ4n) is 2.11. The summed E-state index contributed by atoms with van der Waals surface area (Å²) in [5, 5.41) is 2.15. The van der Waals surface area contributed by atoms with Gasteiger partial charge in [0.05, 0.1) is 18.4 Å². The van der Waals surface area contributed by atoms with E-state index < -0.39 is 35.6 Å². The van der Waals surface area contributed by atoms with E-state index in [2.05, 4.69) is 10.1 Å². The number of ether oxygens (including phenoxy) is 2. The smallest absolute Gasteiger partial charge is 0.337 e. The second kappa shape index (κ2) is 9.40. The van der Waals surface area contributed by atoms with Crippen LogP contribution in [0.2, 0.25) is 0 Å². The van der Waals surface area contributed by atoms with Gasteiger partial charge in [0.25, 0.3) is 5.91 Å². The van der Waals surface area contributed by atoms with Gasteiger partial charge in [0.2, 0.25) is 0 Å². The molecule has 1 atom stereocenters. The van der Waals surface area contributed by atoms with Crippen molar-refractivity contribution in [3.8, 4) is 0 Å². The van der Waals surface area contributed by atoms with Crippen LogP contribution in [0.1, 0.15) is 22.8 Å². The molecule has 2 rings (SSSR count). The van der Waals surface area contributed by atoms with Gasteiger partial charge in [-0.15, -0.1) is 0 Å². The van der Waals surface area contributed by atoms with Gasteiger partial charge in [-0.05, 0) is 42.8 Å². The summed E-state index contributed by atoms with van der Waals surface area (Å²) >= 11 is 0. The number of hydrogen-bond donors (Lipinski definition) is 1. The quantitative estimate of drug-likeness (QED) is 0.605. The van der Waals surface area contributed by atoms with Crippen molar-refractivity contribution in [2.45, 2.75) is 13.0 Å². The molecule has 8 heteroatoms. The lowest BCUT2D eigenvalue weighted by Crippen LogP contribution is -2.29. The van der Waals surface area contributed by atoms with Crippen LogP contribution in [-0.4, -0.2) is 31.1 Å². The summed E-state index contributed by atoms with van der Waals surface area (Å²) in [5.74, 6) is -3.64. The minimum absolute atomic E-state index is 0.353. The Kier molecular flexibility index (Phi) is 6.97. The first-order chi connectivity index (χ1) is 13.3. The standard InChI is InChI=1S/C20H17F2NO5/c1-12(19(25)23-17-11-15(21)8-9-16(17)22)28-18(24)10-5-13-3-6-14(7-4-13)20(26)27-2/h3-12H,1-2H3,(H,23,25)/b10-5+/t12-/m0/s1. The average molecular weight is 389 g/mol. The van der Waals surface area contributed by atoms with Crippen molar-refractivity contribution in [1.82, 2.24) is 0 Å². The van der Waals surface area contributed by atoms with Crippen LogP contribution in [0.4, 0.5) is 14.5 Å². The minimum Gasteiger partial charge on any atom is -0.465 e. The van der Waals surface area contributed by atoms with Crippen LogP contribution in [0.3, 0.4) is 0 Å². The highest BCUT2D eigenvalue weighted by Gasteiger charge is 2.18. The summed E-state index contributed by atoms with van der Waals surface area (Å²) in [6.07, 6.45) is 1.29. The Labute approximate surface area is 159 Å². The summed E-state index contributed by atoms with van der Waals surface area (Å²) in [4.78, 5) is 35.1. The molecule has 0 aliphatic rings. The van der Waals surface area contributed by atoms with E-state index in [-0.39, 0.29) is 5.69 Å². The monoisotopic (exact) mass is 389 g/mol. The number of amides is 1. The Morgan fingerprint density at radius 2 is 1.75 bits per heavy atom. The zero-order valence-electron chi connectivity index (χ0n) is 15.1. The lowest BCUT2D eigenvalue weighted by molar-refractivity contribution is -0.148. The van der Waals surface area contributed by atoms with Gasteiger partial charge in [-0.3, -0.25) is 4.79 Å². The largest absolute Gasteiger partial charge is 0.465 e. The molecule has 1 N–H and O–H groups in total. The zero-order chi connectivity index (χ0) is 20.7. The van der Waals surface area contributed by atoms with Crippen LogP contribution in [-0.2, 0) is 19.1 Å². The highest BCUT2D eigenvalue weighted by atomic mass is 19.1. The minimum atomic E-state index is -1.23. The van der Waals surface area contributed by atoms with E-state index in [9.17, 15) is 23.2 Å². The average Bonchev–Trinajstić information content (AvgIpc) is 2.68. The molecule has 6 nitrogen and oxygen atoms in total. The lowest BCUT2D eigenvalue weighted by atomic mass is 10.1. The van der Waals surface area contributed by atoms with E-state index in [0.717, 1.165) is 24.3 Å². The van der Waals surface area contributed by atoms with Gasteiger partial charge in [-0.2, -0.15) is 0 Å². The molecule has 2 aromatic carbocycles. The van der Waals surface area contributed by atoms with E-state index >= 15 is 0 Å². The Hall–Kier alpha value is -3.55. The van der Waals surface area contributed by atoms with Crippen LogP contribution in [0.5, 0.6) is 0 Å². The third-order valence-electron chi connectivity index (χ3n) is 3.59. The highest BCUT2D eigenvalue weighted by molar-refractivity contribution is 5.96. The number of hydrogen-bond acceptors (Lipinski definition) is 5. The van der Waals surface area contributed by atoms with Crippen molar-refractivity contribution < 1.29 is 32.6 Å². The van der Waals surface area contributed by atoms with Crippen molar-refractivity contribution in [1.29, 1.82) is 0 Å². The van der Waals surface area contributed by atoms with Gasteiger partial charge in [0, 0.05) is 12.1 Å². The lowest BCUT2D eigenvalue weighted by Gasteiger charge is -2.12. The predicted molar refractivity (Wildman–Crippen MR) is 97.4 cm³/mol. The second-order valence-electron chi connectivity index (χ2n) is 5.64. The maximum absolute atomic E-state index is 13.5. The molecule has 0 heterocycles. The van der Waals surface area contributed by atoms with Crippen LogP contribution >= 0.6 is 0 Å². The van der Waals surface area contributed by atoms with Gasteiger partial charge in [-0.25, -0.2) is 18.4 Å². The molecule has 146 valence electrons. The van der Waals surface area contributed by atoms with Crippen molar-refractivity contribution >= 4 is 29.6 Å². The third kappa shape index (κ3) is 5.73. The first kappa shape index (κ1) is 20.8. The molecular weight excluding hydrogens is 372 g/mol. The van der Waals surface area contributed by atoms with Crippen molar-refractivity contribution in [2.75, 3.05) is 12.4 Å². The van der Waals surface area contributed by atoms with Gasteiger partial charge in [-0.1, -0.05) is 12.1 Å². The molecule has 0 saturated carbocycles. The Balaban J connectivity index is 1.92. The van der Waals surface area contributed by atoms with Gasteiger partial charge in [0.15, 0.2) is 6.10 Å². The van der Waals surface area contributed by atoms with E-state index in [1.807, 2.05) is 0 Å². The maximum Gasteiger partial charge on any atom is 0.337 e. The summed E-state index contributed by atoms with van der Waals surface area (Å²) in [6.45, 7) is 1.30. The first-order valence-electron chi connectivity index (χ1n) is 8.13. The Morgan fingerprint density at radius 1 is 1.07 bits per heavy atom. The molecular formula is C20H17F2NO5. The van der Waals surface area contributed by atoms with E-state index in [0.29, 0.717) is 11.1 Å². The van der Waals surface area contributed by atoms with E-state index in [4.69, 9.17) is 4.74 Å². The number of carbonyl (C=O) groups is 3. The normalized spacial score (nSPS) is 11.7. The molecule has 0 aliphatic carbocycles. The number of benzene rings is 2. The SMILES string of the molecule is COC(=O)c1ccc(/C=C/C(=O)O[C@@H](C)C(=O)Nc2cc(F)ccc2F)cc1. The molecule has 1 amide bonds. The number of carbonyl (C=O) groups excluding carboxylic acids is 3. The predicted octanol–water partition coefficient (Wildman–Crippen LogP) is 3.34. The number of anilines is 1. The fourth-order valence-corrected chi connectivity index (χ4v) is 2.11. The molecule has 0 fully saturated rings. The van der Waals surface area contributed by atoms with Crippen LogP contribution in [0.25, 0.3) is 6.08 Å². The van der Waals surface area contributed by atoms with E-state index in [1.165, 1.54) is 32.2 Å². The Bertz CT molecular complexity index is 909. The van der Waals surface area contributed by atoms with Gasteiger partial charge in [0.1, 0.15) is 11.6 Å². The van der Waals surface area contributed by atoms with Crippen molar-refractivity contribution in [3.05, 3.63) is 71.3 Å². The van der Waals surface area contributed by atoms with Crippen molar-refractivity contribution in [2.24, 2.45) is 0 Å². The fraction of sp³-hybridized carbons (Fsp3) is 0.150. The topological polar surface area (TPSA) is 81.7 Å². The number of methoxy groups -OCH3 is 1. The van der Waals surface area contributed by atoms with Crippen molar-refractivity contribution in [3.63, 3.8) is 0 Å². The molecule has 0 saturated heterocycles. The van der Waals surface area contributed by atoms with Gasteiger partial charge < -0.3 is 14.8 Å².